The van der Waals surface area contributed by atoms with Crippen molar-refractivity contribution in [3.05, 3.63) is 131 Å². The summed E-state index contributed by atoms with van der Waals surface area (Å²) in [6, 6.07) is 39.9. The third kappa shape index (κ3) is 2.84. The molecule has 0 bridgehead atoms. The van der Waals surface area contributed by atoms with Gasteiger partial charge in [-0.25, -0.2) is 0 Å². The van der Waals surface area contributed by atoms with Gasteiger partial charge in [-0.1, -0.05) is 97.1 Å². The molecule has 30 heavy (non-hydrogen) atoms. The first-order valence-corrected chi connectivity index (χ1v) is 10.6. The van der Waals surface area contributed by atoms with Crippen LogP contribution in [0, 0.1) is 0 Å². The molecule has 6 rings (SSSR count). The lowest BCUT2D eigenvalue weighted by atomic mass is 9.90. The Balaban J connectivity index is 1.55. The fourth-order valence-corrected chi connectivity index (χ4v) is 4.89. The summed E-state index contributed by atoms with van der Waals surface area (Å²) in [6.07, 6.45) is 1.92. The number of benzene rings is 5. The monoisotopic (exact) mass is 382 g/mol. The lowest BCUT2D eigenvalue weighted by Crippen LogP contribution is -1.99. The second-order valence-corrected chi connectivity index (χ2v) is 8.20. The Labute approximate surface area is 177 Å². The molecule has 5 aromatic rings. The van der Waals surface area contributed by atoms with E-state index < -0.39 is 0 Å². The summed E-state index contributed by atoms with van der Waals surface area (Å²) in [5.41, 5.74) is 11.1. The van der Waals surface area contributed by atoms with Crippen LogP contribution in [0.15, 0.2) is 109 Å². The Morgan fingerprint density at radius 1 is 0.400 bits per heavy atom. The normalized spacial score (nSPS) is 11.6. The number of hydrogen-bond acceptors (Lipinski definition) is 0. The Morgan fingerprint density at radius 3 is 1.33 bits per heavy atom. The molecule has 0 amide bonds. The van der Waals surface area contributed by atoms with Crippen molar-refractivity contribution in [3.63, 3.8) is 0 Å². The molecule has 0 heterocycles. The highest BCUT2D eigenvalue weighted by atomic mass is 14.3. The summed E-state index contributed by atoms with van der Waals surface area (Å²) in [7, 11) is 0. The molecule has 0 N–H and O–H groups in total. The molecule has 0 nitrogen and oxygen atoms in total. The second kappa shape index (κ2) is 7.00. The molecule has 0 atom stereocenters. The van der Waals surface area contributed by atoms with Crippen molar-refractivity contribution in [2.75, 3.05) is 0 Å². The standard InChI is InChI=1S/C30H22/c1-3-9-21(10-4-1)17-24-19-28-26-15-7-13-23-14-8-16-27(30(23)26)29(28)20-25(24)18-22-11-5-2-6-12-22/h1-16,19-20H,17-18H2. The predicted octanol–water partition coefficient (Wildman–Crippen LogP) is 7.67. The smallest absolute Gasteiger partial charge is 0.00227 e. The molecule has 0 aromatic heterocycles. The van der Waals surface area contributed by atoms with Crippen molar-refractivity contribution in [1.29, 1.82) is 0 Å². The minimum Gasteiger partial charge on any atom is -0.0622 e. The van der Waals surface area contributed by atoms with E-state index in [0.717, 1.165) is 12.8 Å². The zero-order chi connectivity index (χ0) is 19.9. The molecule has 142 valence electrons. The van der Waals surface area contributed by atoms with E-state index in [4.69, 9.17) is 0 Å². The van der Waals surface area contributed by atoms with Gasteiger partial charge in [-0.05, 0) is 80.3 Å². The van der Waals surface area contributed by atoms with Crippen molar-refractivity contribution < 1.29 is 0 Å². The topological polar surface area (TPSA) is 0 Å². The average molecular weight is 383 g/mol. The van der Waals surface area contributed by atoms with Gasteiger partial charge in [-0.2, -0.15) is 0 Å². The van der Waals surface area contributed by atoms with Crippen LogP contribution < -0.4 is 0 Å². The second-order valence-electron chi connectivity index (χ2n) is 8.20. The van der Waals surface area contributed by atoms with Crippen molar-refractivity contribution >= 4 is 10.8 Å². The molecule has 0 saturated carbocycles. The molecule has 0 radical (unpaired) electrons. The Bertz CT molecular complexity index is 1260. The van der Waals surface area contributed by atoms with Crippen molar-refractivity contribution in [2.24, 2.45) is 0 Å². The third-order valence-corrected chi connectivity index (χ3v) is 6.30. The first-order valence-electron chi connectivity index (χ1n) is 10.6. The SMILES string of the molecule is c1ccc(Cc2cc3c(cc2Cc2ccccc2)-c2cccc4cccc-3c24)cc1. The van der Waals surface area contributed by atoms with Gasteiger partial charge in [0, 0.05) is 0 Å². The van der Waals surface area contributed by atoms with Gasteiger partial charge in [-0.15, -0.1) is 0 Å². The van der Waals surface area contributed by atoms with Crippen LogP contribution in [0.1, 0.15) is 22.3 Å². The fraction of sp³-hybridized carbons (Fsp3) is 0.0667. The van der Waals surface area contributed by atoms with Crippen LogP contribution in [-0.4, -0.2) is 0 Å². The average Bonchev–Trinajstić information content (AvgIpc) is 3.10. The number of fused-ring (bicyclic) bond motifs is 3. The first kappa shape index (κ1) is 17.2. The zero-order valence-electron chi connectivity index (χ0n) is 16.8. The summed E-state index contributed by atoms with van der Waals surface area (Å²) in [6.45, 7) is 0. The highest BCUT2D eigenvalue weighted by Gasteiger charge is 2.23. The van der Waals surface area contributed by atoms with Crippen LogP contribution in [0.3, 0.4) is 0 Å². The van der Waals surface area contributed by atoms with E-state index in [1.165, 1.54) is 55.3 Å². The summed E-state index contributed by atoms with van der Waals surface area (Å²) in [5.74, 6) is 0. The minimum absolute atomic E-state index is 0.961. The number of rotatable bonds is 4. The largest absolute Gasteiger partial charge is 0.0622 e. The fourth-order valence-electron chi connectivity index (χ4n) is 4.89. The van der Waals surface area contributed by atoms with E-state index in [9.17, 15) is 0 Å². The van der Waals surface area contributed by atoms with E-state index >= 15 is 0 Å². The van der Waals surface area contributed by atoms with Crippen molar-refractivity contribution in [3.8, 4) is 22.3 Å². The third-order valence-electron chi connectivity index (χ3n) is 6.30. The highest BCUT2D eigenvalue weighted by Crippen LogP contribution is 2.48. The Hall–Kier alpha value is -3.64. The van der Waals surface area contributed by atoms with Crippen LogP contribution in [-0.2, 0) is 12.8 Å². The molecular formula is C30H22. The van der Waals surface area contributed by atoms with E-state index in [1.807, 2.05) is 0 Å². The van der Waals surface area contributed by atoms with Gasteiger partial charge in [0.25, 0.3) is 0 Å². The lowest BCUT2D eigenvalue weighted by molar-refractivity contribution is 1.09. The maximum atomic E-state index is 2.45. The van der Waals surface area contributed by atoms with E-state index in [2.05, 4.69) is 109 Å². The van der Waals surface area contributed by atoms with Gasteiger partial charge in [0.05, 0.1) is 0 Å². The maximum Gasteiger partial charge on any atom is -0.00227 e. The molecule has 0 unspecified atom stereocenters. The molecule has 0 aliphatic heterocycles. The number of hydrogen-bond donors (Lipinski definition) is 0. The molecule has 5 aromatic carbocycles. The van der Waals surface area contributed by atoms with E-state index in [-0.39, 0.29) is 0 Å². The minimum atomic E-state index is 0.961. The summed E-state index contributed by atoms with van der Waals surface area (Å²) in [5, 5.41) is 2.73. The Morgan fingerprint density at radius 2 is 0.867 bits per heavy atom. The highest BCUT2D eigenvalue weighted by molar-refractivity contribution is 6.15. The van der Waals surface area contributed by atoms with Crippen LogP contribution in [0.4, 0.5) is 0 Å². The van der Waals surface area contributed by atoms with Crippen LogP contribution in [0.25, 0.3) is 33.0 Å². The van der Waals surface area contributed by atoms with Gasteiger partial charge < -0.3 is 0 Å². The maximum absolute atomic E-state index is 2.45. The van der Waals surface area contributed by atoms with E-state index in [0.29, 0.717) is 0 Å². The quantitative estimate of drug-likeness (QED) is 0.293. The molecule has 0 saturated heterocycles. The predicted molar refractivity (Wildman–Crippen MR) is 127 cm³/mol. The van der Waals surface area contributed by atoms with Crippen molar-refractivity contribution in [1.82, 2.24) is 0 Å². The first-order chi connectivity index (χ1) is 14.9. The van der Waals surface area contributed by atoms with Crippen LogP contribution in [0.5, 0.6) is 0 Å². The van der Waals surface area contributed by atoms with Gasteiger partial charge in [-0.3, -0.25) is 0 Å². The summed E-state index contributed by atoms with van der Waals surface area (Å²) >= 11 is 0. The van der Waals surface area contributed by atoms with Gasteiger partial charge >= 0.3 is 0 Å². The summed E-state index contributed by atoms with van der Waals surface area (Å²) in [4.78, 5) is 0. The lowest BCUT2D eigenvalue weighted by Gasteiger charge is -2.14. The van der Waals surface area contributed by atoms with E-state index in [1.54, 1.807) is 0 Å². The van der Waals surface area contributed by atoms with Gasteiger partial charge in [0.15, 0.2) is 0 Å². The molecule has 0 spiro atoms. The van der Waals surface area contributed by atoms with Crippen LogP contribution in [0.2, 0.25) is 0 Å². The molecule has 0 heteroatoms. The molecule has 1 aliphatic rings. The van der Waals surface area contributed by atoms with Crippen LogP contribution >= 0.6 is 0 Å². The Kier molecular flexibility index (Phi) is 4.02. The molecule has 1 aliphatic carbocycles. The molecule has 0 fully saturated rings. The molecular weight excluding hydrogens is 360 g/mol. The van der Waals surface area contributed by atoms with Gasteiger partial charge in [0.2, 0.25) is 0 Å². The van der Waals surface area contributed by atoms with Crippen molar-refractivity contribution in [2.45, 2.75) is 12.8 Å². The van der Waals surface area contributed by atoms with Gasteiger partial charge in [0.1, 0.15) is 0 Å². The summed E-state index contributed by atoms with van der Waals surface area (Å²) < 4.78 is 0. The zero-order valence-corrected chi connectivity index (χ0v) is 16.8.